The van der Waals surface area contributed by atoms with Gasteiger partial charge in [-0.2, -0.15) is 0 Å². The van der Waals surface area contributed by atoms with Gasteiger partial charge in [-0.05, 0) is 35.0 Å². The van der Waals surface area contributed by atoms with E-state index in [-0.39, 0.29) is 11.9 Å². The molecule has 0 bridgehead atoms. The summed E-state index contributed by atoms with van der Waals surface area (Å²) in [5.74, 6) is 0.149. The molecule has 1 N–H and O–H groups in total. The minimum Gasteiger partial charge on any atom is -0.316 e. The lowest BCUT2D eigenvalue weighted by Crippen LogP contribution is -3.14. The van der Waals surface area contributed by atoms with Crippen molar-refractivity contribution < 1.29 is 9.69 Å². The van der Waals surface area contributed by atoms with Gasteiger partial charge in [0.2, 0.25) is 0 Å². The summed E-state index contributed by atoms with van der Waals surface area (Å²) in [6.07, 6.45) is 2.84. The van der Waals surface area contributed by atoms with Crippen molar-refractivity contribution in [3.63, 3.8) is 0 Å². The molecule has 0 spiro atoms. The number of amides is 1. The zero-order chi connectivity index (χ0) is 18.6. The van der Waals surface area contributed by atoms with Gasteiger partial charge >= 0.3 is 0 Å². The van der Waals surface area contributed by atoms with E-state index in [0.717, 1.165) is 18.7 Å². The van der Waals surface area contributed by atoms with Crippen LogP contribution in [0.2, 0.25) is 0 Å². The standard InChI is InChI=1S/C22H22N2OS2/c1-2-12-24(17-7-4-3-5-8-17)21(25)16-23-13-10-19-18(11-15-27-19)22(23)20-9-6-14-26-20/h2-9,11,14-15,22H,1,10,12-13,16H2/p+1/t22-/m1/s1. The first-order chi connectivity index (χ1) is 13.3. The van der Waals surface area contributed by atoms with Crippen LogP contribution >= 0.6 is 22.7 Å². The van der Waals surface area contributed by atoms with Gasteiger partial charge < -0.3 is 9.80 Å². The Morgan fingerprint density at radius 2 is 2.00 bits per heavy atom. The van der Waals surface area contributed by atoms with Crippen molar-refractivity contribution in [2.24, 2.45) is 0 Å². The van der Waals surface area contributed by atoms with Crippen LogP contribution in [0.15, 0.2) is 71.9 Å². The molecule has 0 saturated carbocycles. The van der Waals surface area contributed by atoms with Gasteiger partial charge in [-0.15, -0.1) is 29.3 Å². The molecule has 1 aliphatic heterocycles. The second-order valence-corrected chi connectivity index (χ2v) is 8.69. The fourth-order valence-corrected chi connectivity index (χ4v) is 5.65. The third-order valence-corrected chi connectivity index (χ3v) is 6.99. The maximum absolute atomic E-state index is 13.2. The number of thiophene rings is 2. The lowest BCUT2D eigenvalue weighted by Gasteiger charge is -2.33. The highest BCUT2D eigenvalue weighted by atomic mass is 32.1. The second-order valence-electron chi connectivity index (χ2n) is 6.71. The van der Waals surface area contributed by atoms with E-state index in [9.17, 15) is 4.79 Å². The number of nitrogens with zero attached hydrogens (tertiary/aromatic N) is 1. The van der Waals surface area contributed by atoms with E-state index in [4.69, 9.17) is 0 Å². The van der Waals surface area contributed by atoms with E-state index >= 15 is 0 Å². The second kappa shape index (κ2) is 8.21. The highest BCUT2D eigenvalue weighted by Crippen LogP contribution is 2.31. The third kappa shape index (κ3) is 3.76. The first kappa shape index (κ1) is 18.2. The van der Waals surface area contributed by atoms with Crippen LogP contribution in [0.5, 0.6) is 0 Å². The van der Waals surface area contributed by atoms with Crippen molar-refractivity contribution in [3.05, 3.63) is 87.3 Å². The van der Waals surface area contributed by atoms with Crippen LogP contribution in [-0.4, -0.2) is 25.5 Å². The highest BCUT2D eigenvalue weighted by molar-refractivity contribution is 7.10. The van der Waals surface area contributed by atoms with E-state index in [0.29, 0.717) is 13.1 Å². The highest BCUT2D eigenvalue weighted by Gasteiger charge is 2.36. The molecule has 0 radical (unpaired) electrons. The summed E-state index contributed by atoms with van der Waals surface area (Å²) >= 11 is 3.63. The quantitative estimate of drug-likeness (QED) is 0.634. The minimum absolute atomic E-state index is 0.149. The van der Waals surface area contributed by atoms with Crippen molar-refractivity contribution in [2.75, 3.05) is 24.5 Å². The molecule has 1 aromatic carbocycles. The molecule has 1 unspecified atom stereocenters. The Kier molecular flexibility index (Phi) is 5.53. The lowest BCUT2D eigenvalue weighted by molar-refractivity contribution is -0.919. The van der Waals surface area contributed by atoms with Crippen LogP contribution < -0.4 is 9.80 Å². The van der Waals surface area contributed by atoms with Gasteiger partial charge in [0.15, 0.2) is 6.54 Å². The summed E-state index contributed by atoms with van der Waals surface area (Å²) in [4.78, 5) is 19.2. The molecule has 4 rings (SSSR count). The van der Waals surface area contributed by atoms with E-state index < -0.39 is 0 Å². The number of carbonyl (C=O) groups excluding carboxylic acids is 1. The van der Waals surface area contributed by atoms with Crippen molar-refractivity contribution in [1.82, 2.24) is 0 Å². The van der Waals surface area contributed by atoms with Crippen LogP contribution in [0, 0.1) is 0 Å². The number of hydrogen-bond acceptors (Lipinski definition) is 3. The fraction of sp³-hybridized carbons (Fsp3) is 0.227. The molecule has 138 valence electrons. The maximum atomic E-state index is 13.2. The maximum Gasteiger partial charge on any atom is 0.282 e. The Morgan fingerprint density at radius 1 is 1.15 bits per heavy atom. The molecule has 0 aliphatic carbocycles. The van der Waals surface area contributed by atoms with Gasteiger partial charge in [-0.1, -0.05) is 30.3 Å². The molecule has 3 heterocycles. The molecule has 3 nitrogen and oxygen atoms in total. The van der Waals surface area contributed by atoms with Crippen LogP contribution in [0.3, 0.4) is 0 Å². The average Bonchev–Trinajstić information content (AvgIpc) is 3.38. The molecule has 0 saturated heterocycles. The van der Waals surface area contributed by atoms with Crippen molar-refractivity contribution in [3.8, 4) is 0 Å². The van der Waals surface area contributed by atoms with Crippen LogP contribution in [-0.2, 0) is 11.2 Å². The first-order valence-corrected chi connectivity index (χ1v) is 10.9. The average molecular weight is 396 g/mol. The summed E-state index contributed by atoms with van der Waals surface area (Å²) in [5, 5.41) is 4.31. The molecular formula is C22H23N2OS2+. The minimum atomic E-state index is 0.149. The predicted molar refractivity (Wildman–Crippen MR) is 114 cm³/mol. The largest absolute Gasteiger partial charge is 0.316 e. The van der Waals surface area contributed by atoms with E-state index in [1.165, 1.54) is 20.2 Å². The number of para-hydroxylation sites is 1. The summed E-state index contributed by atoms with van der Waals surface area (Å²) in [7, 11) is 0. The number of nitrogens with one attached hydrogen (secondary N) is 1. The van der Waals surface area contributed by atoms with Crippen LogP contribution in [0.4, 0.5) is 5.69 Å². The Balaban J connectivity index is 1.60. The Morgan fingerprint density at radius 3 is 2.74 bits per heavy atom. The number of quaternary nitrogens is 1. The van der Waals surface area contributed by atoms with Crippen molar-refractivity contribution in [1.29, 1.82) is 0 Å². The summed E-state index contributed by atoms with van der Waals surface area (Å²) in [6.45, 7) is 5.84. The van der Waals surface area contributed by atoms with Gasteiger partial charge in [0.05, 0.1) is 11.4 Å². The number of benzene rings is 1. The topological polar surface area (TPSA) is 24.8 Å². The third-order valence-electron chi connectivity index (χ3n) is 5.06. The fourth-order valence-electron chi connectivity index (χ4n) is 3.83. The van der Waals surface area contributed by atoms with Crippen LogP contribution in [0.25, 0.3) is 0 Å². The van der Waals surface area contributed by atoms with Gasteiger partial charge in [0.25, 0.3) is 5.91 Å². The summed E-state index contributed by atoms with van der Waals surface area (Å²) in [5.41, 5.74) is 2.33. The molecule has 2 aromatic heterocycles. The molecule has 1 amide bonds. The van der Waals surface area contributed by atoms with E-state index in [1.54, 1.807) is 17.4 Å². The normalized spacial score (nSPS) is 18.7. The van der Waals surface area contributed by atoms with Crippen molar-refractivity contribution >= 4 is 34.3 Å². The molecule has 3 aromatic rings. The number of carbonyl (C=O) groups is 1. The first-order valence-electron chi connectivity index (χ1n) is 9.18. The molecule has 27 heavy (non-hydrogen) atoms. The molecule has 2 atom stereocenters. The number of fused-ring (bicyclic) bond motifs is 1. The number of rotatable bonds is 6. The lowest BCUT2D eigenvalue weighted by atomic mass is 9.98. The monoisotopic (exact) mass is 395 g/mol. The Labute approximate surface area is 168 Å². The predicted octanol–water partition coefficient (Wildman–Crippen LogP) is 3.56. The smallest absolute Gasteiger partial charge is 0.282 e. The van der Waals surface area contributed by atoms with E-state index in [2.05, 4.69) is 35.5 Å². The molecule has 1 aliphatic rings. The zero-order valence-electron chi connectivity index (χ0n) is 15.1. The SMILES string of the molecule is C=CCN(C(=O)C[NH+]1CCc2sccc2[C@@H]1c1cccs1)c1ccccc1. The van der Waals surface area contributed by atoms with Crippen LogP contribution in [0.1, 0.15) is 21.4 Å². The molecule has 0 fully saturated rings. The molecular weight excluding hydrogens is 372 g/mol. The summed E-state index contributed by atoms with van der Waals surface area (Å²) in [6, 6.07) is 16.7. The zero-order valence-corrected chi connectivity index (χ0v) is 16.8. The van der Waals surface area contributed by atoms with Gasteiger partial charge in [-0.3, -0.25) is 4.79 Å². The van der Waals surface area contributed by atoms with E-state index in [1.807, 2.05) is 46.6 Å². The van der Waals surface area contributed by atoms with Gasteiger partial charge in [0, 0.05) is 29.1 Å². The van der Waals surface area contributed by atoms with Gasteiger partial charge in [0.1, 0.15) is 6.04 Å². The van der Waals surface area contributed by atoms with Gasteiger partial charge in [-0.25, -0.2) is 0 Å². The Bertz CT molecular complexity index is 902. The number of anilines is 1. The number of hydrogen-bond donors (Lipinski definition) is 1. The Hall–Kier alpha value is -2.21. The molecule has 5 heteroatoms. The van der Waals surface area contributed by atoms with Crippen molar-refractivity contribution in [2.45, 2.75) is 12.5 Å². The summed E-state index contributed by atoms with van der Waals surface area (Å²) < 4.78 is 0.